The molecule has 3 N–H and O–H groups in total. The molecule has 0 spiro atoms. The van der Waals surface area contributed by atoms with Crippen molar-refractivity contribution in [2.45, 2.75) is 52.7 Å². The summed E-state index contributed by atoms with van der Waals surface area (Å²) >= 11 is 0. The highest BCUT2D eigenvalue weighted by Gasteiger charge is 2.35. The van der Waals surface area contributed by atoms with Crippen molar-refractivity contribution in [3.63, 3.8) is 0 Å². The first-order valence-electron chi connectivity index (χ1n) is 9.88. The fraction of sp³-hybridized carbons (Fsp3) is 0.667. The van der Waals surface area contributed by atoms with Gasteiger partial charge < -0.3 is 20.5 Å². The van der Waals surface area contributed by atoms with Crippen LogP contribution in [0.25, 0.3) is 0 Å². The lowest BCUT2D eigenvalue weighted by atomic mass is 9.78. The smallest absolute Gasteiger partial charge is 0.191 e. The lowest BCUT2D eigenvalue weighted by Crippen LogP contribution is -2.47. The van der Waals surface area contributed by atoms with Crippen molar-refractivity contribution in [1.82, 2.24) is 10.6 Å². The van der Waals surface area contributed by atoms with Gasteiger partial charge in [-0.3, -0.25) is 4.99 Å². The number of benzene rings is 1. The maximum Gasteiger partial charge on any atom is 0.191 e. The number of aliphatic hydroxyl groups excluding tert-OH is 1. The molecule has 7 heteroatoms. The van der Waals surface area contributed by atoms with E-state index in [9.17, 15) is 9.50 Å². The summed E-state index contributed by atoms with van der Waals surface area (Å²) in [5.41, 5.74) is 0.755. The Bertz CT molecular complexity index is 605. The summed E-state index contributed by atoms with van der Waals surface area (Å²) in [5.74, 6) is 0.786. The van der Waals surface area contributed by atoms with Crippen LogP contribution in [0.2, 0.25) is 0 Å². The highest BCUT2D eigenvalue weighted by atomic mass is 127. The van der Waals surface area contributed by atoms with E-state index in [4.69, 9.17) is 4.74 Å². The average Bonchev–Trinajstić information content (AvgIpc) is 2.64. The first-order valence-corrected chi connectivity index (χ1v) is 9.88. The molecular weight excluding hydrogens is 472 g/mol. The molecule has 0 radical (unpaired) electrons. The van der Waals surface area contributed by atoms with Crippen LogP contribution in [0.1, 0.15) is 52.2 Å². The van der Waals surface area contributed by atoms with E-state index in [2.05, 4.69) is 36.4 Å². The minimum Gasteiger partial charge on any atom is -0.386 e. The van der Waals surface area contributed by atoms with Crippen LogP contribution in [-0.4, -0.2) is 43.4 Å². The lowest BCUT2D eigenvalue weighted by Gasteiger charge is -2.40. The summed E-state index contributed by atoms with van der Waals surface area (Å²) in [6.07, 6.45) is 1.66. The first kappa shape index (κ1) is 25.1. The zero-order valence-corrected chi connectivity index (χ0v) is 19.7. The van der Waals surface area contributed by atoms with Crippen molar-refractivity contribution in [2.75, 3.05) is 26.2 Å². The van der Waals surface area contributed by atoms with Gasteiger partial charge in [0.2, 0.25) is 0 Å². The number of nitrogens with one attached hydrogen (secondary N) is 2. The molecule has 28 heavy (non-hydrogen) atoms. The van der Waals surface area contributed by atoms with Gasteiger partial charge in [0.25, 0.3) is 0 Å². The van der Waals surface area contributed by atoms with Crippen LogP contribution in [0.15, 0.2) is 29.3 Å². The largest absolute Gasteiger partial charge is 0.386 e. The molecule has 0 aliphatic carbocycles. The minimum absolute atomic E-state index is 0. The maximum atomic E-state index is 13.0. The summed E-state index contributed by atoms with van der Waals surface area (Å²) < 4.78 is 19.1. The van der Waals surface area contributed by atoms with Gasteiger partial charge in [0.05, 0.1) is 18.8 Å². The summed E-state index contributed by atoms with van der Waals surface area (Å²) in [6.45, 7) is 11.2. The van der Waals surface area contributed by atoms with E-state index in [1.54, 1.807) is 12.1 Å². The van der Waals surface area contributed by atoms with Crippen molar-refractivity contribution in [3.8, 4) is 0 Å². The number of hydrogen-bond acceptors (Lipinski definition) is 3. The second-order valence-electron chi connectivity index (χ2n) is 8.23. The van der Waals surface area contributed by atoms with Crippen LogP contribution < -0.4 is 10.6 Å². The summed E-state index contributed by atoms with van der Waals surface area (Å²) in [6, 6.07) is 5.87. The Labute approximate surface area is 185 Å². The third-order valence-electron chi connectivity index (χ3n) is 4.85. The predicted octanol–water partition coefficient (Wildman–Crippen LogP) is 3.87. The van der Waals surface area contributed by atoms with E-state index in [0.717, 1.165) is 32.5 Å². The molecule has 2 rings (SSSR count). The molecule has 0 saturated carbocycles. The Balaban J connectivity index is 0.00000392. The van der Waals surface area contributed by atoms with Gasteiger partial charge in [-0.1, -0.05) is 32.9 Å². The standard InChI is InChI=1S/C21H34FN3O2.HI/c1-5-23-20(25-14-18(26)15-8-10-17(22)11-9-15)24-13-16-7-6-12-27-19(16)21(2,3)4;/h8-11,16,18-19,26H,5-7,12-14H2,1-4H3,(H2,23,24,25);1H. The summed E-state index contributed by atoms with van der Waals surface area (Å²) in [5, 5.41) is 16.9. The molecule has 1 aliphatic rings. The highest BCUT2D eigenvalue weighted by Crippen LogP contribution is 2.33. The van der Waals surface area contributed by atoms with Crippen LogP contribution >= 0.6 is 24.0 Å². The number of ether oxygens (including phenoxy) is 1. The van der Waals surface area contributed by atoms with Gasteiger partial charge in [0, 0.05) is 25.6 Å². The number of guanidine groups is 1. The number of halogens is 2. The minimum atomic E-state index is -0.763. The predicted molar refractivity (Wildman–Crippen MR) is 123 cm³/mol. The molecule has 0 aromatic heterocycles. The van der Waals surface area contributed by atoms with E-state index >= 15 is 0 Å². The molecular formula is C21H35FIN3O2. The lowest BCUT2D eigenvalue weighted by molar-refractivity contribution is -0.0835. The third kappa shape index (κ3) is 7.83. The van der Waals surface area contributed by atoms with Crippen molar-refractivity contribution in [1.29, 1.82) is 0 Å². The van der Waals surface area contributed by atoms with Crippen molar-refractivity contribution in [2.24, 2.45) is 16.3 Å². The molecule has 3 unspecified atom stereocenters. The number of hydrogen-bond donors (Lipinski definition) is 3. The van der Waals surface area contributed by atoms with Gasteiger partial charge >= 0.3 is 0 Å². The zero-order valence-electron chi connectivity index (χ0n) is 17.4. The molecule has 160 valence electrons. The topological polar surface area (TPSA) is 65.9 Å². The van der Waals surface area contributed by atoms with Gasteiger partial charge in [-0.05, 0) is 42.9 Å². The summed E-state index contributed by atoms with van der Waals surface area (Å²) in [4.78, 5) is 4.49. The number of aliphatic hydroxyl groups is 1. The molecule has 1 heterocycles. The third-order valence-corrected chi connectivity index (χ3v) is 4.85. The van der Waals surface area contributed by atoms with Gasteiger partial charge in [-0.15, -0.1) is 24.0 Å². The maximum absolute atomic E-state index is 13.0. The molecule has 1 aliphatic heterocycles. The fourth-order valence-electron chi connectivity index (χ4n) is 3.55. The fourth-order valence-corrected chi connectivity index (χ4v) is 3.55. The van der Waals surface area contributed by atoms with Crippen molar-refractivity contribution >= 4 is 29.9 Å². The van der Waals surface area contributed by atoms with Crippen LogP contribution in [0.5, 0.6) is 0 Å². The van der Waals surface area contributed by atoms with Gasteiger partial charge in [-0.25, -0.2) is 4.39 Å². The van der Waals surface area contributed by atoms with E-state index in [1.807, 2.05) is 6.92 Å². The Morgan fingerprint density at radius 2 is 1.96 bits per heavy atom. The Morgan fingerprint density at radius 1 is 1.29 bits per heavy atom. The highest BCUT2D eigenvalue weighted by molar-refractivity contribution is 14.0. The van der Waals surface area contributed by atoms with Crippen molar-refractivity contribution < 1.29 is 14.2 Å². The Hall–Kier alpha value is -0.930. The van der Waals surface area contributed by atoms with E-state index in [1.165, 1.54) is 12.1 Å². The molecule has 0 amide bonds. The number of aliphatic imine (C=N–C) groups is 1. The molecule has 0 bridgehead atoms. The second kappa shape index (κ2) is 11.9. The monoisotopic (exact) mass is 507 g/mol. The van der Waals surface area contributed by atoms with Crippen LogP contribution in [0, 0.1) is 17.2 Å². The average molecular weight is 507 g/mol. The van der Waals surface area contributed by atoms with Gasteiger partial charge in [0.15, 0.2) is 5.96 Å². The SMILES string of the molecule is CCNC(=NCC(O)c1ccc(F)cc1)NCC1CCCOC1C(C)(C)C.I. The Morgan fingerprint density at radius 3 is 2.57 bits per heavy atom. The van der Waals surface area contributed by atoms with Crippen molar-refractivity contribution in [3.05, 3.63) is 35.6 Å². The van der Waals surface area contributed by atoms with Crippen LogP contribution in [0.3, 0.4) is 0 Å². The van der Waals surface area contributed by atoms with Crippen LogP contribution in [-0.2, 0) is 4.74 Å². The molecule has 1 saturated heterocycles. The van der Waals surface area contributed by atoms with E-state index in [-0.39, 0.29) is 47.9 Å². The van der Waals surface area contributed by atoms with Gasteiger partial charge in [-0.2, -0.15) is 0 Å². The van der Waals surface area contributed by atoms with E-state index < -0.39 is 6.10 Å². The molecule has 1 aromatic rings. The van der Waals surface area contributed by atoms with Crippen LogP contribution in [0.4, 0.5) is 4.39 Å². The molecule has 3 atom stereocenters. The Kier molecular flexibility index (Phi) is 10.7. The molecule has 1 fully saturated rings. The number of rotatable bonds is 6. The van der Waals surface area contributed by atoms with E-state index in [0.29, 0.717) is 17.4 Å². The zero-order chi connectivity index (χ0) is 19.9. The van der Waals surface area contributed by atoms with Gasteiger partial charge in [0.1, 0.15) is 5.82 Å². The quantitative estimate of drug-likeness (QED) is 0.311. The molecule has 5 nitrogen and oxygen atoms in total. The second-order valence-corrected chi connectivity index (χ2v) is 8.23. The summed E-state index contributed by atoms with van der Waals surface area (Å²) in [7, 11) is 0. The molecule has 1 aromatic carbocycles. The first-order chi connectivity index (χ1) is 12.8. The number of nitrogens with zero attached hydrogens (tertiary/aromatic N) is 1. The normalized spacial score (nSPS) is 21.6.